The molecule has 3 atom stereocenters. The first-order chi connectivity index (χ1) is 9.23. The number of rotatable bonds is 3. The summed E-state index contributed by atoms with van der Waals surface area (Å²) in [5, 5.41) is 12.4. The third-order valence-electron chi connectivity index (χ3n) is 5.40. The molecule has 0 radical (unpaired) electrons. The van der Waals surface area contributed by atoms with Gasteiger partial charge in [0.05, 0.1) is 6.07 Å². The molecule has 2 bridgehead atoms. The number of carbonyl (C=O) groups is 1. The van der Waals surface area contributed by atoms with Gasteiger partial charge in [0.1, 0.15) is 5.41 Å². The lowest BCUT2D eigenvalue weighted by Crippen LogP contribution is -2.45. The topological polar surface area (TPSA) is 62.1 Å². The van der Waals surface area contributed by atoms with Crippen molar-refractivity contribution in [2.24, 2.45) is 23.2 Å². The maximum absolute atomic E-state index is 12.3. The van der Waals surface area contributed by atoms with E-state index in [1.165, 1.54) is 25.7 Å². The Morgan fingerprint density at radius 2 is 2.11 bits per heavy atom. The van der Waals surface area contributed by atoms with E-state index < -0.39 is 5.41 Å². The predicted octanol–water partition coefficient (Wildman–Crippen LogP) is 1.86. The van der Waals surface area contributed by atoms with Crippen molar-refractivity contribution in [3.05, 3.63) is 0 Å². The van der Waals surface area contributed by atoms with Gasteiger partial charge in [0, 0.05) is 19.8 Å². The molecular formula is C15H22N2O2. The molecule has 4 nitrogen and oxygen atoms in total. The lowest BCUT2D eigenvalue weighted by Gasteiger charge is -2.30. The lowest BCUT2D eigenvalue weighted by atomic mass is 9.80. The van der Waals surface area contributed by atoms with Crippen LogP contribution >= 0.6 is 0 Å². The van der Waals surface area contributed by atoms with E-state index in [1.807, 2.05) is 0 Å². The van der Waals surface area contributed by atoms with Gasteiger partial charge in [0.15, 0.2) is 0 Å². The standard InChI is InChI=1S/C15H22N2O2/c16-10-15(3-5-19-6-4-15)14(18)17-9-13-8-11-1-2-12(13)7-11/h11-13H,1-9H2,(H,17,18). The first kappa shape index (κ1) is 12.9. The summed E-state index contributed by atoms with van der Waals surface area (Å²) in [6, 6.07) is 2.23. The Labute approximate surface area is 114 Å². The fourth-order valence-electron chi connectivity index (χ4n) is 4.13. The second-order valence-electron chi connectivity index (χ2n) is 6.45. The highest BCUT2D eigenvalue weighted by Gasteiger charge is 2.43. The molecule has 0 aromatic rings. The van der Waals surface area contributed by atoms with Crippen LogP contribution in [0.2, 0.25) is 0 Å². The van der Waals surface area contributed by atoms with Crippen LogP contribution < -0.4 is 5.32 Å². The summed E-state index contributed by atoms with van der Waals surface area (Å²) >= 11 is 0. The van der Waals surface area contributed by atoms with Gasteiger partial charge in [-0.3, -0.25) is 4.79 Å². The Kier molecular flexibility index (Phi) is 3.49. The van der Waals surface area contributed by atoms with Crippen LogP contribution in [0.3, 0.4) is 0 Å². The first-order valence-electron chi connectivity index (χ1n) is 7.51. The summed E-state index contributed by atoms with van der Waals surface area (Å²) in [5.41, 5.74) is -0.837. The Bertz CT molecular complexity index is 395. The van der Waals surface area contributed by atoms with Gasteiger partial charge in [-0.15, -0.1) is 0 Å². The van der Waals surface area contributed by atoms with Crippen molar-refractivity contribution in [2.45, 2.75) is 38.5 Å². The zero-order valence-electron chi connectivity index (χ0n) is 11.4. The van der Waals surface area contributed by atoms with Crippen LogP contribution in [0.15, 0.2) is 0 Å². The molecule has 0 spiro atoms. The van der Waals surface area contributed by atoms with Crippen molar-refractivity contribution >= 4 is 5.91 Å². The molecule has 0 aromatic heterocycles. The minimum Gasteiger partial charge on any atom is -0.381 e. The maximum atomic E-state index is 12.3. The molecule has 1 amide bonds. The number of fused-ring (bicyclic) bond motifs is 2. The Morgan fingerprint density at radius 1 is 1.32 bits per heavy atom. The minimum absolute atomic E-state index is 0.0685. The molecule has 2 saturated carbocycles. The molecule has 1 N–H and O–H groups in total. The van der Waals surface area contributed by atoms with Gasteiger partial charge >= 0.3 is 0 Å². The predicted molar refractivity (Wildman–Crippen MR) is 70.0 cm³/mol. The van der Waals surface area contributed by atoms with E-state index in [0.29, 0.717) is 32.0 Å². The Balaban J connectivity index is 1.54. The van der Waals surface area contributed by atoms with Crippen molar-refractivity contribution in [2.75, 3.05) is 19.8 Å². The summed E-state index contributed by atoms with van der Waals surface area (Å²) in [5.74, 6) is 2.30. The summed E-state index contributed by atoms with van der Waals surface area (Å²) in [6.45, 7) is 1.81. The number of carbonyl (C=O) groups excluding carboxylic acids is 1. The number of hydrogen-bond donors (Lipinski definition) is 1. The second-order valence-corrected chi connectivity index (χ2v) is 6.45. The van der Waals surface area contributed by atoms with Crippen LogP contribution in [-0.2, 0) is 9.53 Å². The highest BCUT2D eigenvalue weighted by atomic mass is 16.5. The highest BCUT2D eigenvalue weighted by molar-refractivity contribution is 5.85. The second kappa shape index (κ2) is 5.13. The quantitative estimate of drug-likeness (QED) is 0.844. The van der Waals surface area contributed by atoms with Gasteiger partial charge in [-0.1, -0.05) is 6.42 Å². The molecule has 19 heavy (non-hydrogen) atoms. The molecule has 3 aliphatic rings. The van der Waals surface area contributed by atoms with Crippen LogP contribution in [0.4, 0.5) is 0 Å². The largest absolute Gasteiger partial charge is 0.381 e. The lowest BCUT2D eigenvalue weighted by molar-refractivity contribution is -0.132. The smallest absolute Gasteiger partial charge is 0.240 e. The average Bonchev–Trinajstić information content (AvgIpc) is 3.08. The minimum atomic E-state index is -0.837. The zero-order chi connectivity index (χ0) is 13.3. The number of nitrogens with zero attached hydrogens (tertiary/aromatic N) is 1. The normalized spacial score (nSPS) is 35.8. The Morgan fingerprint density at radius 3 is 2.68 bits per heavy atom. The van der Waals surface area contributed by atoms with Crippen LogP contribution in [0.1, 0.15) is 38.5 Å². The van der Waals surface area contributed by atoms with E-state index >= 15 is 0 Å². The van der Waals surface area contributed by atoms with E-state index in [0.717, 1.165) is 18.4 Å². The van der Waals surface area contributed by atoms with Crippen molar-refractivity contribution in [1.82, 2.24) is 5.32 Å². The number of nitriles is 1. The van der Waals surface area contributed by atoms with Gasteiger partial charge in [0.2, 0.25) is 5.91 Å². The van der Waals surface area contributed by atoms with Crippen molar-refractivity contribution in [3.63, 3.8) is 0 Å². The molecule has 1 saturated heterocycles. The third-order valence-corrected chi connectivity index (χ3v) is 5.40. The molecule has 3 fully saturated rings. The molecule has 1 aliphatic heterocycles. The Hall–Kier alpha value is -1.08. The van der Waals surface area contributed by atoms with E-state index in [4.69, 9.17) is 4.74 Å². The van der Waals surface area contributed by atoms with Gasteiger partial charge < -0.3 is 10.1 Å². The average molecular weight is 262 g/mol. The zero-order valence-corrected chi connectivity index (χ0v) is 11.4. The summed E-state index contributed by atoms with van der Waals surface area (Å²) in [4.78, 5) is 12.3. The van der Waals surface area contributed by atoms with Crippen LogP contribution in [0, 0.1) is 34.5 Å². The van der Waals surface area contributed by atoms with E-state index in [-0.39, 0.29) is 5.91 Å². The van der Waals surface area contributed by atoms with Gasteiger partial charge in [0.25, 0.3) is 0 Å². The van der Waals surface area contributed by atoms with Gasteiger partial charge in [-0.25, -0.2) is 0 Å². The highest BCUT2D eigenvalue weighted by Crippen LogP contribution is 2.48. The fraction of sp³-hybridized carbons (Fsp3) is 0.867. The van der Waals surface area contributed by atoms with Crippen molar-refractivity contribution < 1.29 is 9.53 Å². The number of hydrogen-bond acceptors (Lipinski definition) is 3. The van der Waals surface area contributed by atoms with E-state index in [1.54, 1.807) is 0 Å². The number of ether oxygens (including phenoxy) is 1. The molecule has 4 heteroatoms. The molecule has 104 valence electrons. The van der Waals surface area contributed by atoms with E-state index in [2.05, 4.69) is 11.4 Å². The monoisotopic (exact) mass is 262 g/mol. The molecule has 1 heterocycles. The molecule has 3 unspecified atom stereocenters. The molecule has 3 rings (SSSR count). The van der Waals surface area contributed by atoms with Crippen molar-refractivity contribution in [3.8, 4) is 6.07 Å². The SMILES string of the molecule is N#CC1(C(=O)NCC2CC3CCC2C3)CCOCC1. The number of amides is 1. The molecule has 2 aliphatic carbocycles. The molecular weight excluding hydrogens is 240 g/mol. The molecule has 0 aromatic carbocycles. The van der Waals surface area contributed by atoms with Crippen LogP contribution in [0.5, 0.6) is 0 Å². The van der Waals surface area contributed by atoms with Crippen LogP contribution in [-0.4, -0.2) is 25.7 Å². The maximum Gasteiger partial charge on any atom is 0.240 e. The summed E-state index contributed by atoms with van der Waals surface area (Å²) in [6.07, 6.45) is 6.42. The first-order valence-corrected chi connectivity index (χ1v) is 7.51. The van der Waals surface area contributed by atoms with E-state index in [9.17, 15) is 10.1 Å². The van der Waals surface area contributed by atoms with Crippen LogP contribution in [0.25, 0.3) is 0 Å². The summed E-state index contributed by atoms with van der Waals surface area (Å²) < 4.78 is 5.26. The van der Waals surface area contributed by atoms with Gasteiger partial charge in [-0.2, -0.15) is 5.26 Å². The number of nitrogens with one attached hydrogen (secondary N) is 1. The third kappa shape index (κ3) is 2.36. The van der Waals surface area contributed by atoms with Gasteiger partial charge in [-0.05, 0) is 49.9 Å². The van der Waals surface area contributed by atoms with Crippen molar-refractivity contribution in [1.29, 1.82) is 5.26 Å². The fourth-order valence-corrected chi connectivity index (χ4v) is 4.13. The summed E-state index contributed by atoms with van der Waals surface area (Å²) in [7, 11) is 0.